The summed E-state index contributed by atoms with van der Waals surface area (Å²) < 4.78 is 33.6. The van der Waals surface area contributed by atoms with Crippen molar-refractivity contribution in [2.75, 3.05) is 6.61 Å². The standard InChI is InChI=1S/C16H14Cl2N2O3S2/c1-10(20-25(21,22)14-7-15(17)24-16(14)18)9-23-13-4-2-3-11-8-19-6-5-12(11)13/h2-8,10,20H,9H2,1H3/t10-/m0/s1. The number of hydrogen-bond donors (Lipinski definition) is 1. The minimum absolute atomic E-state index is 0.0211. The van der Waals surface area contributed by atoms with E-state index in [9.17, 15) is 8.42 Å². The molecule has 0 fully saturated rings. The van der Waals surface area contributed by atoms with Gasteiger partial charge in [0.2, 0.25) is 10.0 Å². The van der Waals surface area contributed by atoms with E-state index in [-0.39, 0.29) is 15.8 Å². The molecule has 0 saturated carbocycles. The van der Waals surface area contributed by atoms with E-state index >= 15 is 0 Å². The zero-order valence-electron chi connectivity index (χ0n) is 13.1. The van der Waals surface area contributed by atoms with Crippen LogP contribution in [0, 0.1) is 0 Å². The van der Waals surface area contributed by atoms with Crippen LogP contribution in [0.15, 0.2) is 47.6 Å². The molecule has 1 aromatic carbocycles. The normalized spacial score (nSPS) is 13.1. The fraction of sp³-hybridized carbons (Fsp3) is 0.188. The molecule has 0 radical (unpaired) electrons. The maximum absolute atomic E-state index is 12.4. The van der Waals surface area contributed by atoms with Crippen LogP contribution in [0.5, 0.6) is 5.75 Å². The van der Waals surface area contributed by atoms with E-state index in [1.807, 2.05) is 24.3 Å². The van der Waals surface area contributed by atoms with Crippen molar-refractivity contribution >= 4 is 55.3 Å². The lowest BCUT2D eigenvalue weighted by Gasteiger charge is -2.16. The summed E-state index contributed by atoms with van der Waals surface area (Å²) in [6.45, 7) is 1.88. The molecule has 0 aliphatic rings. The highest BCUT2D eigenvalue weighted by atomic mass is 35.5. The van der Waals surface area contributed by atoms with Gasteiger partial charge < -0.3 is 4.74 Å². The number of fused-ring (bicyclic) bond motifs is 1. The number of aromatic nitrogens is 1. The molecular formula is C16H14Cl2N2O3S2. The van der Waals surface area contributed by atoms with Gasteiger partial charge in [0.15, 0.2) is 0 Å². The summed E-state index contributed by atoms with van der Waals surface area (Å²) in [7, 11) is -3.76. The zero-order valence-corrected chi connectivity index (χ0v) is 16.2. The van der Waals surface area contributed by atoms with Gasteiger partial charge in [0.1, 0.15) is 21.6 Å². The number of nitrogens with zero attached hydrogens (tertiary/aromatic N) is 1. The number of rotatable bonds is 6. The van der Waals surface area contributed by atoms with Crippen LogP contribution in [0.2, 0.25) is 8.67 Å². The molecule has 9 heteroatoms. The van der Waals surface area contributed by atoms with E-state index in [0.717, 1.165) is 22.1 Å². The first-order valence-corrected chi connectivity index (χ1v) is 10.3. The number of ether oxygens (including phenoxy) is 1. The average Bonchev–Trinajstić information content (AvgIpc) is 2.92. The topological polar surface area (TPSA) is 68.3 Å². The zero-order chi connectivity index (χ0) is 18.0. The van der Waals surface area contributed by atoms with E-state index in [4.69, 9.17) is 27.9 Å². The maximum Gasteiger partial charge on any atom is 0.243 e. The summed E-state index contributed by atoms with van der Waals surface area (Å²) in [5, 5.41) is 1.87. The van der Waals surface area contributed by atoms with Crippen molar-refractivity contribution in [3.05, 3.63) is 51.4 Å². The van der Waals surface area contributed by atoms with Crippen molar-refractivity contribution in [1.82, 2.24) is 9.71 Å². The molecule has 132 valence electrons. The second kappa shape index (κ2) is 7.47. The minimum Gasteiger partial charge on any atom is -0.491 e. The molecule has 0 bridgehead atoms. The van der Waals surface area contributed by atoms with Crippen LogP contribution in [-0.2, 0) is 10.0 Å². The molecule has 2 aromatic heterocycles. The van der Waals surface area contributed by atoms with Gasteiger partial charge in [-0.3, -0.25) is 4.98 Å². The van der Waals surface area contributed by atoms with E-state index in [0.29, 0.717) is 10.1 Å². The highest BCUT2D eigenvalue weighted by molar-refractivity contribution is 7.89. The Labute approximate surface area is 159 Å². The van der Waals surface area contributed by atoms with Crippen molar-refractivity contribution < 1.29 is 13.2 Å². The minimum atomic E-state index is -3.76. The monoisotopic (exact) mass is 416 g/mol. The van der Waals surface area contributed by atoms with Gasteiger partial charge in [-0.25, -0.2) is 13.1 Å². The largest absolute Gasteiger partial charge is 0.491 e. The van der Waals surface area contributed by atoms with Crippen molar-refractivity contribution in [2.45, 2.75) is 17.9 Å². The maximum atomic E-state index is 12.4. The Kier molecular flexibility index (Phi) is 5.50. The first kappa shape index (κ1) is 18.4. The molecule has 0 saturated heterocycles. The van der Waals surface area contributed by atoms with Gasteiger partial charge in [-0.2, -0.15) is 0 Å². The highest BCUT2D eigenvalue weighted by Crippen LogP contribution is 2.34. The number of halogens is 2. The van der Waals surface area contributed by atoms with Gasteiger partial charge in [-0.15, -0.1) is 11.3 Å². The molecule has 0 amide bonds. The van der Waals surface area contributed by atoms with Crippen LogP contribution in [0.4, 0.5) is 0 Å². The Bertz CT molecular complexity index is 1000. The van der Waals surface area contributed by atoms with Gasteiger partial charge in [-0.1, -0.05) is 35.3 Å². The van der Waals surface area contributed by atoms with E-state index < -0.39 is 16.1 Å². The summed E-state index contributed by atoms with van der Waals surface area (Å²) in [6, 6.07) is 8.36. The molecule has 1 N–H and O–H groups in total. The number of benzene rings is 1. The fourth-order valence-electron chi connectivity index (χ4n) is 2.30. The third kappa shape index (κ3) is 4.24. The number of thiophene rings is 1. The smallest absolute Gasteiger partial charge is 0.243 e. The molecule has 3 aromatic rings. The number of sulfonamides is 1. The van der Waals surface area contributed by atoms with Crippen LogP contribution in [0.3, 0.4) is 0 Å². The SMILES string of the molecule is C[C@@H](COc1cccc2cnccc12)NS(=O)(=O)c1cc(Cl)sc1Cl. The average molecular weight is 417 g/mol. The molecule has 3 rings (SSSR count). The van der Waals surface area contributed by atoms with Crippen LogP contribution >= 0.6 is 34.5 Å². The molecule has 0 unspecified atom stereocenters. The van der Waals surface area contributed by atoms with Crippen molar-refractivity contribution in [3.63, 3.8) is 0 Å². The summed E-state index contributed by atoms with van der Waals surface area (Å²) in [6.07, 6.45) is 3.43. The Balaban J connectivity index is 1.70. The Hall–Kier alpha value is -1.38. The Morgan fingerprint density at radius 1 is 1.32 bits per heavy atom. The van der Waals surface area contributed by atoms with Crippen LogP contribution < -0.4 is 9.46 Å². The van der Waals surface area contributed by atoms with Gasteiger partial charge in [0.25, 0.3) is 0 Å². The first-order valence-electron chi connectivity index (χ1n) is 7.29. The quantitative estimate of drug-likeness (QED) is 0.648. The third-order valence-corrected chi connectivity index (χ3v) is 6.74. The molecular weight excluding hydrogens is 403 g/mol. The second-order valence-electron chi connectivity index (χ2n) is 5.37. The lowest BCUT2D eigenvalue weighted by Crippen LogP contribution is -2.36. The van der Waals surface area contributed by atoms with Crippen LogP contribution in [-0.4, -0.2) is 26.1 Å². The Morgan fingerprint density at radius 2 is 2.12 bits per heavy atom. The van der Waals surface area contributed by atoms with Gasteiger partial charge in [-0.05, 0) is 25.1 Å². The summed E-state index contributed by atoms with van der Waals surface area (Å²) >= 11 is 12.8. The first-order chi connectivity index (χ1) is 11.9. The lowest BCUT2D eigenvalue weighted by molar-refractivity contribution is 0.290. The van der Waals surface area contributed by atoms with Crippen molar-refractivity contribution in [1.29, 1.82) is 0 Å². The highest BCUT2D eigenvalue weighted by Gasteiger charge is 2.23. The van der Waals surface area contributed by atoms with Gasteiger partial charge in [0, 0.05) is 23.2 Å². The lowest BCUT2D eigenvalue weighted by atomic mass is 10.1. The van der Waals surface area contributed by atoms with Gasteiger partial charge >= 0.3 is 0 Å². The summed E-state index contributed by atoms with van der Waals surface area (Å²) in [4.78, 5) is 4.05. The van der Waals surface area contributed by atoms with Crippen LogP contribution in [0.25, 0.3) is 10.8 Å². The number of hydrogen-bond acceptors (Lipinski definition) is 5. The van der Waals surface area contributed by atoms with Crippen molar-refractivity contribution in [2.24, 2.45) is 0 Å². The summed E-state index contributed by atoms with van der Waals surface area (Å²) in [5.41, 5.74) is 0. The predicted octanol–water partition coefficient (Wildman–Crippen LogP) is 4.35. The van der Waals surface area contributed by atoms with Gasteiger partial charge in [0.05, 0.1) is 10.4 Å². The van der Waals surface area contributed by atoms with Crippen LogP contribution in [0.1, 0.15) is 6.92 Å². The molecule has 25 heavy (non-hydrogen) atoms. The van der Waals surface area contributed by atoms with E-state index in [1.54, 1.807) is 19.3 Å². The number of pyridine rings is 1. The fourth-order valence-corrected chi connectivity index (χ4v) is 5.68. The molecule has 0 aliphatic carbocycles. The summed E-state index contributed by atoms with van der Waals surface area (Å²) in [5.74, 6) is 0.669. The molecule has 0 spiro atoms. The predicted molar refractivity (Wildman–Crippen MR) is 101 cm³/mol. The van der Waals surface area contributed by atoms with E-state index in [1.165, 1.54) is 6.07 Å². The molecule has 1 atom stereocenters. The Morgan fingerprint density at radius 3 is 2.84 bits per heavy atom. The van der Waals surface area contributed by atoms with Crippen molar-refractivity contribution in [3.8, 4) is 5.75 Å². The molecule has 2 heterocycles. The molecule has 5 nitrogen and oxygen atoms in total. The molecule has 0 aliphatic heterocycles. The second-order valence-corrected chi connectivity index (χ2v) is 9.34. The third-order valence-electron chi connectivity index (χ3n) is 3.40. The number of nitrogens with one attached hydrogen (secondary N) is 1. The van der Waals surface area contributed by atoms with E-state index in [2.05, 4.69) is 9.71 Å².